The maximum absolute atomic E-state index is 12.8. The Morgan fingerprint density at radius 1 is 1.14 bits per heavy atom. The predicted molar refractivity (Wildman–Crippen MR) is 114 cm³/mol. The Morgan fingerprint density at radius 3 is 2.79 bits per heavy atom. The minimum Gasteiger partial charge on any atom is -0.371 e. The van der Waals surface area contributed by atoms with Gasteiger partial charge in [-0.25, -0.2) is 0 Å². The van der Waals surface area contributed by atoms with E-state index in [1.807, 2.05) is 41.0 Å². The quantitative estimate of drug-likeness (QED) is 0.526. The van der Waals surface area contributed by atoms with Crippen molar-refractivity contribution in [2.45, 2.75) is 25.5 Å². The number of para-hydroxylation sites is 1. The zero-order valence-electron chi connectivity index (χ0n) is 15.7. The van der Waals surface area contributed by atoms with Gasteiger partial charge < -0.3 is 9.30 Å². The molecule has 5 rings (SSSR count). The van der Waals surface area contributed by atoms with Gasteiger partial charge in [-0.05, 0) is 30.5 Å². The minimum absolute atomic E-state index is 0.0104. The van der Waals surface area contributed by atoms with E-state index in [4.69, 9.17) is 4.74 Å². The van der Waals surface area contributed by atoms with Crippen molar-refractivity contribution in [3.63, 3.8) is 0 Å². The van der Waals surface area contributed by atoms with Gasteiger partial charge in [-0.1, -0.05) is 59.9 Å². The Kier molecular flexibility index (Phi) is 4.83. The molecule has 1 unspecified atom stereocenters. The molecule has 3 heterocycles. The second-order valence-electron chi connectivity index (χ2n) is 7.04. The molecule has 1 N–H and O–H groups in total. The molecule has 1 amide bonds. The number of hydrogen-bond acceptors (Lipinski definition) is 5. The normalized spacial score (nSPS) is 16.3. The number of nitrogens with zero attached hydrogens (tertiary/aromatic N) is 3. The maximum Gasteiger partial charge on any atom is 0.246 e. The largest absolute Gasteiger partial charge is 0.371 e. The van der Waals surface area contributed by atoms with Crippen molar-refractivity contribution in [2.24, 2.45) is 0 Å². The summed E-state index contributed by atoms with van der Waals surface area (Å²) in [5.74, 6) is -0.126. The first-order chi connectivity index (χ1) is 14.3. The number of hydrogen-bond donors (Lipinski definition) is 1. The molecule has 0 saturated carbocycles. The summed E-state index contributed by atoms with van der Waals surface area (Å²) in [4.78, 5) is 12.8. The fourth-order valence-corrected chi connectivity index (χ4v) is 4.56. The van der Waals surface area contributed by atoms with Crippen molar-refractivity contribution in [3.05, 3.63) is 65.7 Å². The van der Waals surface area contributed by atoms with Gasteiger partial charge in [-0.15, -0.1) is 10.2 Å². The molecule has 1 aliphatic rings. The van der Waals surface area contributed by atoms with Gasteiger partial charge >= 0.3 is 0 Å². The summed E-state index contributed by atoms with van der Waals surface area (Å²) in [7, 11) is 0. The number of ether oxygens (including phenoxy) is 1. The molecule has 0 bridgehead atoms. The van der Waals surface area contributed by atoms with Crippen LogP contribution in [-0.2, 0) is 16.1 Å². The summed E-state index contributed by atoms with van der Waals surface area (Å²) in [6.45, 7) is 0.960. The molecule has 4 aromatic rings. The third kappa shape index (κ3) is 3.66. The summed E-state index contributed by atoms with van der Waals surface area (Å²) in [6.07, 6.45) is 2.00. The first-order valence-corrected chi connectivity index (χ1v) is 10.5. The standard InChI is InChI=1S/C22H20N4O2S/c27-20(23-22-25-24-21(29-22)19-11-6-12-28-19)14-26-17-10-5-4-9-16(17)13-18(26)15-7-2-1-3-8-15/h1-5,7-10,13,19H,6,11-12,14H2,(H,23,25,27). The Balaban J connectivity index is 1.40. The molecule has 29 heavy (non-hydrogen) atoms. The van der Waals surface area contributed by atoms with Crippen molar-refractivity contribution >= 4 is 33.3 Å². The average molecular weight is 404 g/mol. The van der Waals surface area contributed by atoms with Crippen molar-refractivity contribution in [1.82, 2.24) is 14.8 Å². The Bertz CT molecular complexity index is 1150. The number of anilines is 1. The first kappa shape index (κ1) is 18.0. The summed E-state index contributed by atoms with van der Waals surface area (Å²) in [5.41, 5.74) is 3.12. The number of carbonyl (C=O) groups is 1. The Hall–Kier alpha value is -3.03. The van der Waals surface area contributed by atoms with E-state index in [0.717, 1.165) is 46.6 Å². The summed E-state index contributed by atoms with van der Waals surface area (Å²) in [5, 5.41) is 13.7. The monoisotopic (exact) mass is 404 g/mol. The number of benzene rings is 2. The van der Waals surface area contributed by atoms with Gasteiger partial charge in [0.25, 0.3) is 0 Å². The third-order valence-electron chi connectivity index (χ3n) is 5.07. The van der Waals surface area contributed by atoms with Crippen LogP contribution in [0.4, 0.5) is 5.13 Å². The van der Waals surface area contributed by atoms with E-state index in [9.17, 15) is 4.79 Å². The number of fused-ring (bicyclic) bond motifs is 1. The lowest BCUT2D eigenvalue weighted by Crippen LogP contribution is -2.19. The summed E-state index contributed by atoms with van der Waals surface area (Å²) < 4.78 is 7.69. The summed E-state index contributed by atoms with van der Waals surface area (Å²) in [6, 6.07) is 20.3. The van der Waals surface area contributed by atoms with Gasteiger partial charge in [-0.3, -0.25) is 10.1 Å². The fourth-order valence-electron chi connectivity index (χ4n) is 3.72. The molecule has 6 nitrogen and oxygen atoms in total. The smallest absolute Gasteiger partial charge is 0.246 e. The highest BCUT2D eigenvalue weighted by Crippen LogP contribution is 2.32. The molecule has 146 valence electrons. The lowest BCUT2D eigenvalue weighted by Gasteiger charge is -2.10. The topological polar surface area (TPSA) is 69.0 Å². The highest BCUT2D eigenvalue weighted by Gasteiger charge is 2.22. The van der Waals surface area contributed by atoms with Gasteiger partial charge in [0.05, 0.1) is 0 Å². The van der Waals surface area contributed by atoms with E-state index in [-0.39, 0.29) is 18.6 Å². The second-order valence-corrected chi connectivity index (χ2v) is 8.04. The number of carbonyl (C=O) groups excluding carboxylic acids is 1. The second kappa shape index (κ2) is 7.77. The fraction of sp³-hybridized carbons (Fsp3) is 0.227. The highest BCUT2D eigenvalue weighted by atomic mass is 32.1. The molecule has 2 aromatic carbocycles. The van der Waals surface area contributed by atoms with Crippen LogP contribution >= 0.6 is 11.3 Å². The van der Waals surface area contributed by atoms with Crippen LogP contribution in [-0.4, -0.2) is 27.3 Å². The highest BCUT2D eigenvalue weighted by molar-refractivity contribution is 7.15. The van der Waals surface area contributed by atoms with Crippen LogP contribution in [0.25, 0.3) is 22.2 Å². The van der Waals surface area contributed by atoms with Crippen LogP contribution in [0.1, 0.15) is 24.0 Å². The van der Waals surface area contributed by atoms with Gasteiger partial charge in [0.1, 0.15) is 17.7 Å². The molecular weight excluding hydrogens is 384 g/mol. The average Bonchev–Trinajstić information content (AvgIpc) is 3.49. The van der Waals surface area contributed by atoms with E-state index in [1.54, 1.807) is 0 Å². The molecule has 1 aliphatic heterocycles. The third-order valence-corrected chi connectivity index (χ3v) is 6.00. The van der Waals surface area contributed by atoms with E-state index in [1.165, 1.54) is 11.3 Å². The van der Waals surface area contributed by atoms with Crippen LogP contribution < -0.4 is 5.32 Å². The lowest BCUT2D eigenvalue weighted by molar-refractivity contribution is -0.116. The van der Waals surface area contributed by atoms with E-state index in [0.29, 0.717) is 5.13 Å². The molecule has 1 saturated heterocycles. The molecule has 7 heteroatoms. The van der Waals surface area contributed by atoms with Crippen LogP contribution in [0, 0.1) is 0 Å². The van der Waals surface area contributed by atoms with Crippen molar-refractivity contribution < 1.29 is 9.53 Å². The molecule has 1 atom stereocenters. The lowest BCUT2D eigenvalue weighted by atomic mass is 10.1. The van der Waals surface area contributed by atoms with Gasteiger partial charge in [-0.2, -0.15) is 0 Å². The zero-order chi connectivity index (χ0) is 19.6. The number of nitrogens with one attached hydrogen (secondary N) is 1. The predicted octanol–water partition coefficient (Wildman–Crippen LogP) is 4.65. The van der Waals surface area contributed by atoms with E-state index < -0.39 is 0 Å². The van der Waals surface area contributed by atoms with Crippen LogP contribution in [0.2, 0.25) is 0 Å². The number of rotatable bonds is 5. The van der Waals surface area contributed by atoms with Crippen LogP contribution in [0.5, 0.6) is 0 Å². The van der Waals surface area contributed by atoms with E-state index in [2.05, 4.69) is 39.8 Å². The maximum atomic E-state index is 12.8. The molecule has 0 radical (unpaired) electrons. The van der Waals surface area contributed by atoms with Crippen molar-refractivity contribution in [1.29, 1.82) is 0 Å². The Morgan fingerprint density at radius 2 is 1.97 bits per heavy atom. The van der Waals surface area contributed by atoms with Crippen molar-refractivity contribution in [3.8, 4) is 11.3 Å². The number of aromatic nitrogens is 3. The molecule has 1 fully saturated rings. The SMILES string of the molecule is O=C(Cn1c(-c2ccccc2)cc2ccccc21)Nc1nnc(C2CCCO2)s1. The first-order valence-electron chi connectivity index (χ1n) is 9.66. The molecule has 0 aliphatic carbocycles. The van der Waals surface area contributed by atoms with Crippen LogP contribution in [0.15, 0.2) is 60.7 Å². The van der Waals surface area contributed by atoms with Gasteiger partial charge in [0, 0.05) is 23.2 Å². The molecule has 2 aromatic heterocycles. The van der Waals surface area contributed by atoms with E-state index >= 15 is 0 Å². The molecule has 0 spiro atoms. The minimum atomic E-state index is -0.126. The zero-order valence-corrected chi connectivity index (χ0v) is 16.6. The molecular formula is C22H20N4O2S. The van der Waals surface area contributed by atoms with Crippen LogP contribution in [0.3, 0.4) is 0 Å². The van der Waals surface area contributed by atoms with Crippen molar-refractivity contribution in [2.75, 3.05) is 11.9 Å². The Labute approximate surface area is 172 Å². The summed E-state index contributed by atoms with van der Waals surface area (Å²) >= 11 is 1.39. The van der Waals surface area contributed by atoms with Gasteiger partial charge in [0.2, 0.25) is 11.0 Å². The number of amides is 1. The van der Waals surface area contributed by atoms with Gasteiger partial charge in [0.15, 0.2) is 0 Å².